The molecule has 0 spiro atoms. The molecule has 0 heterocycles. The molecule has 2 amide bonds. The lowest BCUT2D eigenvalue weighted by atomic mass is 10.1. The maximum Gasteiger partial charge on any atom is 0.242 e. The summed E-state index contributed by atoms with van der Waals surface area (Å²) in [4.78, 5) is 27.6. The Kier molecular flexibility index (Phi) is 11.0. The van der Waals surface area contributed by atoms with Gasteiger partial charge in [-0.25, -0.2) is 8.42 Å². The van der Waals surface area contributed by atoms with E-state index in [0.717, 1.165) is 41.0 Å². The van der Waals surface area contributed by atoms with Gasteiger partial charge in [0.1, 0.15) is 6.04 Å². The summed E-state index contributed by atoms with van der Waals surface area (Å²) in [6, 6.07) is 15.3. The van der Waals surface area contributed by atoms with Crippen LogP contribution in [-0.2, 0) is 32.7 Å². The van der Waals surface area contributed by atoms with Crippen LogP contribution in [0, 0.1) is 0 Å². The molecule has 0 radical (unpaired) electrons. The van der Waals surface area contributed by atoms with Crippen molar-refractivity contribution in [2.75, 3.05) is 19.3 Å². The summed E-state index contributed by atoms with van der Waals surface area (Å²) in [5, 5.41) is 3.45. The van der Waals surface area contributed by atoms with Crippen LogP contribution in [0.25, 0.3) is 0 Å². The number of sulfonamides is 1. The third-order valence-electron chi connectivity index (χ3n) is 5.50. The smallest absolute Gasteiger partial charge is 0.242 e. The Morgan fingerprint density at radius 2 is 1.59 bits per heavy atom. The van der Waals surface area contributed by atoms with Gasteiger partial charge in [0.2, 0.25) is 21.8 Å². The molecule has 0 bridgehead atoms. The fourth-order valence-corrected chi connectivity index (χ4v) is 4.28. The molecule has 34 heavy (non-hydrogen) atoms. The van der Waals surface area contributed by atoms with Gasteiger partial charge in [-0.2, -0.15) is 4.31 Å². The second-order valence-corrected chi connectivity index (χ2v) is 10.8. The van der Waals surface area contributed by atoms with Crippen LogP contribution in [0.4, 0.5) is 0 Å². The minimum Gasteiger partial charge on any atom is -0.354 e. The van der Waals surface area contributed by atoms with E-state index in [4.69, 9.17) is 11.6 Å². The zero-order chi connectivity index (χ0) is 25.1. The topological polar surface area (TPSA) is 86.8 Å². The van der Waals surface area contributed by atoms with Gasteiger partial charge >= 0.3 is 0 Å². The molecule has 2 aromatic carbocycles. The highest BCUT2D eigenvalue weighted by Crippen LogP contribution is 2.16. The van der Waals surface area contributed by atoms with Gasteiger partial charge in [-0.3, -0.25) is 9.59 Å². The molecule has 9 heteroatoms. The third kappa shape index (κ3) is 9.08. The van der Waals surface area contributed by atoms with Crippen LogP contribution in [0.3, 0.4) is 0 Å². The van der Waals surface area contributed by atoms with Crippen molar-refractivity contribution in [2.24, 2.45) is 0 Å². The summed E-state index contributed by atoms with van der Waals surface area (Å²) >= 11 is 5.98. The Balaban J connectivity index is 2.23. The second kappa shape index (κ2) is 13.5. The number of carbonyl (C=O) groups excluding carboxylic acids is 2. The van der Waals surface area contributed by atoms with Crippen LogP contribution < -0.4 is 5.32 Å². The van der Waals surface area contributed by atoms with E-state index in [0.29, 0.717) is 11.6 Å². The minimum absolute atomic E-state index is 0.0673. The summed E-state index contributed by atoms with van der Waals surface area (Å²) in [5.41, 5.74) is 1.56. The van der Waals surface area contributed by atoms with Crippen molar-refractivity contribution in [3.05, 3.63) is 70.7 Å². The van der Waals surface area contributed by atoms with E-state index in [1.807, 2.05) is 18.2 Å². The number of nitrogens with one attached hydrogen (secondary N) is 1. The lowest BCUT2D eigenvalue weighted by Crippen LogP contribution is -2.51. The summed E-state index contributed by atoms with van der Waals surface area (Å²) < 4.78 is 26.0. The second-order valence-electron chi connectivity index (χ2n) is 8.34. The predicted octanol–water partition coefficient (Wildman–Crippen LogP) is 3.83. The molecule has 2 rings (SSSR count). The van der Waals surface area contributed by atoms with Gasteiger partial charge in [0.05, 0.1) is 12.8 Å². The Labute approximate surface area is 208 Å². The van der Waals surface area contributed by atoms with Gasteiger partial charge in [0.25, 0.3) is 0 Å². The Bertz CT molecular complexity index is 1030. The summed E-state index contributed by atoms with van der Waals surface area (Å²) in [6.45, 7) is 4.13. The zero-order valence-electron chi connectivity index (χ0n) is 20.0. The normalized spacial score (nSPS) is 12.4. The van der Waals surface area contributed by atoms with E-state index in [1.165, 1.54) is 4.90 Å². The molecule has 0 aliphatic rings. The predicted molar refractivity (Wildman–Crippen MR) is 136 cm³/mol. The highest BCUT2D eigenvalue weighted by Gasteiger charge is 2.29. The first-order valence-corrected chi connectivity index (χ1v) is 13.6. The monoisotopic (exact) mass is 507 g/mol. The fourth-order valence-electron chi connectivity index (χ4n) is 3.42. The molecule has 1 atom stereocenters. The first-order valence-electron chi connectivity index (χ1n) is 11.4. The van der Waals surface area contributed by atoms with E-state index in [9.17, 15) is 18.0 Å². The van der Waals surface area contributed by atoms with Crippen molar-refractivity contribution in [1.82, 2.24) is 14.5 Å². The molecule has 7 nitrogen and oxygen atoms in total. The van der Waals surface area contributed by atoms with Gasteiger partial charge in [-0.15, -0.1) is 0 Å². The van der Waals surface area contributed by atoms with Crippen molar-refractivity contribution < 1.29 is 18.0 Å². The zero-order valence-corrected chi connectivity index (χ0v) is 21.6. The number of amides is 2. The van der Waals surface area contributed by atoms with E-state index in [2.05, 4.69) is 12.2 Å². The summed E-state index contributed by atoms with van der Waals surface area (Å²) in [7, 11) is -3.67. The highest BCUT2D eigenvalue weighted by atomic mass is 35.5. The van der Waals surface area contributed by atoms with E-state index >= 15 is 0 Å². The minimum atomic E-state index is -3.67. The number of halogens is 1. The molecule has 0 saturated carbocycles. The van der Waals surface area contributed by atoms with Crippen LogP contribution in [0.15, 0.2) is 54.6 Å². The quantitative estimate of drug-likeness (QED) is 0.417. The number of hydrogen-bond donors (Lipinski definition) is 1. The molecule has 0 aliphatic carbocycles. The molecule has 0 aliphatic heterocycles. The number of nitrogens with zero attached hydrogens (tertiary/aromatic N) is 2. The summed E-state index contributed by atoms with van der Waals surface area (Å²) in [5.74, 6) is -0.722. The molecule has 1 N–H and O–H groups in total. The Morgan fingerprint density at radius 3 is 2.18 bits per heavy atom. The number of rotatable bonds is 13. The highest BCUT2D eigenvalue weighted by molar-refractivity contribution is 7.88. The van der Waals surface area contributed by atoms with Crippen LogP contribution in [0.1, 0.15) is 44.2 Å². The van der Waals surface area contributed by atoms with Crippen LogP contribution in [-0.4, -0.2) is 54.8 Å². The van der Waals surface area contributed by atoms with Gasteiger partial charge in [-0.1, -0.05) is 73.8 Å². The first-order chi connectivity index (χ1) is 16.1. The molecule has 1 unspecified atom stereocenters. The average Bonchev–Trinajstić information content (AvgIpc) is 2.80. The van der Waals surface area contributed by atoms with Gasteiger partial charge in [0, 0.05) is 24.7 Å². The molecule has 186 valence electrons. The third-order valence-corrected chi connectivity index (χ3v) is 6.94. The lowest BCUT2D eigenvalue weighted by molar-refractivity contribution is -0.140. The van der Waals surface area contributed by atoms with Crippen molar-refractivity contribution in [3.8, 4) is 0 Å². The number of carbonyl (C=O) groups is 2. The Hall–Kier alpha value is -2.42. The Morgan fingerprint density at radius 1 is 0.971 bits per heavy atom. The summed E-state index contributed by atoms with van der Waals surface area (Å²) in [6.07, 6.45) is 3.98. The van der Waals surface area contributed by atoms with Gasteiger partial charge in [-0.05, 0) is 36.6 Å². The van der Waals surface area contributed by atoms with Crippen LogP contribution >= 0.6 is 11.6 Å². The van der Waals surface area contributed by atoms with Crippen molar-refractivity contribution in [3.63, 3.8) is 0 Å². The number of unbranched alkanes of at least 4 members (excludes halogenated alkanes) is 2. The molecular weight excluding hydrogens is 474 g/mol. The average molecular weight is 508 g/mol. The molecule has 0 fully saturated rings. The van der Waals surface area contributed by atoms with E-state index in [-0.39, 0.29) is 25.5 Å². The number of hydrogen-bond acceptors (Lipinski definition) is 4. The van der Waals surface area contributed by atoms with Crippen LogP contribution in [0.5, 0.6) is 0 Å². The SMILES string of the molecule is CCCCCNC(=O)C(C)N(Cc1ccc(Cl)cc1)C(=O)CN(Cc1ccccc1)S(C)(=O)=O. The first kappa shape index (κ1) is 27.8. The molecule has 0 aromatic heterocycles. The maximum atomic E-state index is 13.4. The number of benzene rings is 2. The van der Waals surface area contributed by atoms with Gasteiger partial charge in [0.15, 0.2) is 0 Å². The standard InChI is InChI=1S/C25H34ClN3O4S/c1-4-5-9-16-27-25(31)20(2)29(18-22-12-14-23(26)15-13-22)24(30)19-28(34(3,32)33)17-21-10-7-6-8-11-21/h6-8,10-15,20H,4-5,9,16-19H2,1-3H3,(H,27,31). The van der Waals surface area contributed by atoms with E-state index in [1.54, 1.807) is 43.3 Å². The molecule has 2 aromatic rings. The molecule has 0 saturated heterocycles. The maximum absolute atomic E-state index is 13.4. The van der Waals surface area contributed by atoms with Crippen molar-refractivity contribution in [2.45, 2.75) is 52.2 Å². The van der Waals surface area contributed by atoms with Crippen molar-refractivity contribution >= 4 is 33.4 Å². The van der Waals surface area contributed by atoms with Gasteiger partial charge < -0.3 is 10.2 Å². The molecular formula is C25H34ClN3O4S. The fraction of sp³-hybridized carbons (Fsp3) is 0.440. The van der Waals surface area contributed by atoms with E-state index < -0.39 is 22.0 Å². The lowest BCUT2D eigenvalue weighted by Gasteiger charge is -2.31. The van der Waals surface area contributed by atoms with Crippen LogP contribution in [0.2, 0.25) is 5.02 Å². The largest absolute Gasteiger partial charge is 0.354 e. The van der Waals surface area contributed by atoms with Crippen molar-refractivity contribution in [1.29, 1.82) is 0 Å².